The highest BCUT2D eigenvalue weighted by Gasteiger charge is 2.40. The Bertz CT molecular complexity index is 897. The molecule has 164 valence electrons. The number of halogens is 2. The van der Waals surface area contributed by atoms with Gasteiger partial charge in [0.2, 0.25) is 14.2 Å². The van der Waals surface area contributed by atoms with Gasteiger partial charge < -0.3 is 9.84 Å². The smallest absolute Gasteiger partial charge is 0.241 e. The van der Waals surface area contributed by atoms with E-state index in [1.54, 1.807) is 47.5 Å². The molecule has 2 aromatic rings. The highest BCUT2D eigenvalue weighted by molar-refractivity contribution is 6.74. The van der Waals surface area contributed by atoms with Crippen molar-refractivity contribution in [1.82, 2.24) is 5.06 Å². The Balaban J connectivity index is 2.19. The molecule has 2 aromatic carbocycles. The minimum atomic E-state index is -2.10. The van der Waals surface area contributed by atoms with Gasteiger partial charge in [0.05, 0.1) is 5.69 Å². The van der Waals surface area contributed by atoms with Crippen LogP contribution in [0.2, 0.25) is 23.2 Å². The Kier molecular flexibility index (Phi) is 7.85. The Labute approximate surface area is 185 Å². The summed E-state index contributed by atoms with van der Waals surface area (Å²) < 4.78 is 21.4. The summed E-state index contributed by atoms with van der Waals surface area (Å²) in [6.45, 7) is 14.7. The predicted octanol–water partition coefficient (Wildman–Crippen LogP) is 6.73. The summed E-state index contributed by atoms with van der Waals surface area (Å²) >= 11 is 6.22. The number of anilines is 1. The van der Waals surface area contributed by atoms with Gasteiger partial charge in [0.15, 0.2) is 5.82 Å². The number of nitrogens with zero attached hydrogens (tertiary/aromatic N) is 1. The fraction of sp³-hybridized carbons (Fsp3) is 0.435. The number of amides is 1. The molecule has 0 atom stereocenters. The van der Waals surface area contributed by atoms with Gasteiger partial charge in [0.25, 0.3) is 0 Å². The second-order valence-corrected chi connectivity index (χ2v) is 14.3. The van der Waals surface area contributed by atoms with Crippen molar-refractivity contribution in [1.29, 1.82) is 0 Å². The van der Waals surface area contributed by atoms with Crippen molar-refractivity contribution < 1.29 is 13.7 Å². The Hall–Kier alpha value is -1.73. The number of benzene rings is 2. The second-order valence-electron chi connectivity index (χ2n) is 9.22. The molecule has 2 rings (SSSR count). The van der Waals surface area contributed by atoms with E-state index in [2.05, 4.69) is 39.2 Å². The SMILES string of the molecule is CC(C)N(CC(=O)Nc1cccc(-c2ccccc2Cl)c1F)O[Si](C)(C)C(C)(C)C. The van der Waals surface area contributed by atoms with Gasteiger partial charge >= 0.3 is 0 Å². The van der Waals surface area contributed by atoms with Crippen LogP contribution in [0.5, 0.6) is 0 Å². The number of carbonyl (C=O) groups excluding carboxylic acids is 1. The minimum Gasteiger partial charge on any atom is -0.342 e. The third kappa shape index (κ3) is 5.91. The molecule has 0 aromatic heterocycles. The van der Waals surface area contributed by atoms with Crippen LogP contribution in [0.25, 0.3) is 11.1 Å². The molecule has 0 unspecified atom stereocenters. The van der Waals surface area contributed by atoms with Gasteiger partial charge in [-0.25, -0.2) is 4.39 Å². The summed E-state index contributed by atoms with van der Waals surface area (Å²) in [5.74, 6) is -0.849. The van der Waals surface area contributed by atoms with Crippen molar-refractivity contribution in [2.45, 2.75) is 58.8 Å². The van der Waals surface area contributed by atoms with Crippen LogP contribution < -0.4 is 5.32 Å². The summed E-state index contributed by atoms with van der Waals surface area (Å²) in [7, 11) is -2.10. The van der Waals surface area contributed by atoms with E-state index in [1.165, 1.54) is 0 Å². The van der Waals surface area contributed by atoms with Crippen molar-refractivity contribution in [3.63, 3.8) is 0 Å². The second kappa shape index (κ2) is 9.60. The first kappa shape index (κ1) is 24.5. The molecule has 0 saturated carbocycles. The first-order valence-electron chi connectivity index (χ1n) is 10.1. The molecule has 0 fully saturated rings. The molecular formula is C23H32ClFN2O2Si. The predicted molar refractivity (Wildman–Crippen MR) is 126 cm³/mol. The van der Waals surface area contributed by atoms with Gasteiger partial charge in [-0.1, -0.05) is 62.7 Å². The lowest BCUT2D eigenvalue weighted by Gasteiger charge is -2.41. The fourth-order valence-corrected chi connectivity index (χ4v) is 3.97. The van der Waals surface area contributed by atoms with E-state index in [9.17, 15) is 4.79 Å². The van der Waals surface area contributed by atoms with Crippen molar-refractivity contribution in [3.8, 4) is 11.1 Å². The van der Waals surface area contributed by atoms with Crippen LogP contribution in [0.1, 0.15) is 34.6 Å². The maximum atomic E-state index is 15.1. The summed E-state index contributed by atoms with van der Waals surface area (Å²) in [5, 5.41) is 4.84. The van der Waals surface area contributed by atoms with Crippen molar-refractivity contribution >= 4 is 31.5 Å². The summed E-state index contributed by atoms with van der Waals surface area (Å²) in [6.07, 6.45) is 0. The third-order valence-electron chi connectivity index (χ3n) is 5.46. The average Bonchev–Trinajstić information content (AvgIpc) is 2.62. The van der Waals surface area contributed by atoms with Crippen molar-refractivity contribution in [2.24, 2.45) is 0 Å². The van der Waals surface area contributed by atoms with Gasteiger partial charge in [-0.05, 0) is 44.1 Å². The van der Waals surface area contributed by atoms with Crippen LogP contribution >= 0.6 is 11.6 Å². The molecule has 0 aliphatic heterocycles. The lowest BCUT2D eigenvalue weighted by molar-refractivity contribution is -0.135. The highest BCUT2D eigenvalue weighted by atomic mass is 35.5. The van der Waals surface area contributed by atoms with Crippen LogP contribution in [0.3, 0.4) is 0 Å². The Morgan fingerprint density at radius 2 is 1.73 bits per heavy atom. The van der Waals surface area contributed by atoms with Gasteiger partial charge in [0.1, 0.15) is 6.54 Å². The molecule has 30 heavy (non-hydrogen) atoms. The number of hydrogen-bond donors (Lipinski definition) is 1. The highest BCUT2D eigenvalue weighted by Crippen LogP contribution is 2.37. The molecule has 0 aliphatic rings. The van der Waals surface area contributed by atoms with E-state index in [4.69, 9.17) is 16.1 Å². The number of hydroxylamine groups is 2. The average molecular weight is 451 g/mol. The maximum Gasteiger partial charge on any atom is 0.241 e. The topological polar surface area (TPSA) is 41.6 Å². The maximum absolute atomic E-state index is 15.1. The van der Waals surface area contributed by atoms with E-state index >= 15 is 4.39 Å². The molecular weight excluding hydrogens is 419 g/mol. The third-order valence-corrected chi connectivity index (χ3v) is 10.1. The minimum absolute atomic E-state index is 0.00387. The molecule has 0 bridgehead atoms. The standard InChI is InChI=1S/C23H32ClFN2O2Si/c1-16(2)27(29-30(6,7)23(3,4)5)15-21(28)26-20-14-10-12-18(22(20)25)17-11-8-9-13-19(17)24/h8-14,16H,15H2,1-7H3,(H,26,28). The molecule has 0 aliphatic carbocycles. The van der Waals surface area contributed by atoms with Crippen LogP contribution in [0, 0.1) is 5.82 Å². The van der Waals surface area contributed by atoms with E-state index in [1.807, 2.05) is 13.8 Å². The molecule has 0 spiro atoms. The number of rotatable bonds is 7. The molecule has 0 saturated heterocycles. The first-order chi connectivity index (χ1) is 13.8. The lowest BCUT2D eigenvalue weighted by Crippen LogP contribution is -2.50. The normalized spacial score (nSPS) is 12.5. The summed E-state index contributed by atoms with van der Waals surface area (Å²) in [6, 6.07) is 11.9. The van der Waals surface area contributed by atoms with E-state index < -0.39 is 14.1 Å². The number of hydrogen-bond acceptors (Lipinski definition) is 3. The Morgan fingerprint density at radius 1 is 1.13 bits per heavy atom. The van der Waals surface area contributed by atoms with Crippen LogP contribution in [0.15, 0.2) is 42.5 Å². The van der Waals surface area contributed by atoms with Crippen molar-refractivity contribution in [2.75, 3.05) is 11.9 Å². The van der Waals surface area contributed by atoms with Gasteiger partial charge in [-0.15, -0.1) is 0 Å². The van der Waals surface area contributed by atoms with Gasteiger partial charge in [0, 0.05) is 22.2 Å². The fourth-order valence-electron chi connectivity index (χ4n) is 2.60. The van der Waals surface area contributed by atoms with E-state index in [-0.39, 0.29) is 29.2 Å². The Morgan fingerprint density at radius 3 is 2.30 bits per heavy atom. The number of nitrogens with one attached hydrogen (secondary N) is 1. The monoisotopic (exact) mass is 450 g/mol. The van der Waals surface area contributed by atoms with E-state index in [0.717, 1.165) is 0 Å². The zero-order valence-corrected chi connectivity index (χ0v) is 20.6. The summed E-state index contributed by atoms with van der Waals surface area (Å²) in [5.41, 5.74) is 1.04. The van der Waals surface area contributed by atoms with Crippen LogP contribution in [0.4, 0.5) is 10.1 Å². The van der Waals surface area contributed by atoms with Gasteiger partial charge in [-0.2, -0.15) is 5.06 Å². The molecule has 0 heterocycles. The number of carbonyl (C=O) groups is 1. The quantitative estimate of drug-likeness (QED) is 0.375. The van der Waals surface area contributed by atoms with Crippen LogP contribution in [-0.2, 0) is 9.32 Å². The summed E-state index contributed by atoms with van der Waals surface area (Å²) in [4.78, 5) is 12.7. The van der Waals surface area contributed by atoms with Gasteiger partial charge in [-0.3, -0.25) is 4.79 Å². The zero-order chi connectivity index (χ0) is 22.7. The largest absolute Gasteiger partial charge is 0.342 e. The molecule has 1 N–H and O–H groups in total. The lowest BCUT2D eigenvalue weighted by atomic mass is 10.0. The molecule has 7 heteroatoms. The zero-order valence-electron chi connectivity index (χ0n) is 18.8. The van der Waals surface area contributed by atoms with E-state index in [0.29, 0.717) is 16.1 Å². The van der Waals surface area contributed by atoms with Crippen molar-refractivity contribution in [3.05, 3.63) is 53.3 Å². The van der Waals surface area contributed by atoms with Crippen LogP contribution in [-0.4, -0.2) is 31.9 Å². The molecule has 0 radical (unpaired) electrons. The molecule has 1 amide bonds. The first-order valence-corrected chi connectivity index (χ1v) is 13.4. The molecule has 4 nitrogen and oxygen atoms in total.